The number of ether oxygens (including phenoxy) is 3. The molecule has 1 aliphatic rings. The van der Waals surface area contributed by atoms with Crippen LogP contribution in [0.5, 0.6) is 11.5 Å². The maximum atomic E-state index is 12.3. The summed E-state index contributed by atoms with van der Waals surface area (Å²) in [5.41, 5.74) is 0.868. The molecule has 1 heterocycles. The van der Waals surface area contributed by atoms with Crippen LogP contribution in [-0.2, 0) is 19.1 Å². The number of hydrogen-bond donors (Lipinski definition) is 1. The summed E-state index contributed by atoms with van der Waals surface area (Å²) in [6, 6.07) is 10.8. The lowest BCUT2D eigenvalue weighted by atomic mass is 10.2. The van der Waals surface area contributed by atoms with E-state index in [1.54, 1.807) is 24.3 Å². The fourth-order valence-corrected chi connectivity index (χ4v) is 2.96. The van der Waals surface area contributed by atoms with Crippen molar-refractivity contribution in [3.05, 3.63) is 48.0 Å². The molecule has 9 heteroatoms. The van der Waals surface area contributed by atoms with Gasteiger partial charge < -0.3 is 19.5 Å². The number of benzene rings is 2. The highest BCUT2D eigenvalue weighted by Crippen LogP contribution is 2.29. The Bertz CT molecular complexity index is 987. The highest BCUT2D eigenvalue weighted by molar-refractivity contribution is 6.20. The Hall–Kier alpha value is -3.88. The summed E-state index contributed by atoms with van der Waals surface area (Å²) in [5, 5.41) is 2.59. The molecule has 3 amide bonds. The molecule has 156 valence electrons. The van der Waals surface area contributed by atoms with Crippen molar-refractivity contribution < 1.29 is 33.4 Å². The Morgan fingerprint density at radius 2 is 1.67 bits per heavy atom. The van der Waals surface area contributed by atoms with Crippen LogP contribution >= 0.6 is 0 Å². The van der Waals surface area contributed by atoms with Crippen LogP contribution in [0.1, 0.15) is 23.2 Å². The molecular weight excluding hydrogens is 392 g/mol. The van der Waals surface area contributed by atoms with Gasteiger partial charge in [-0.1, -0.05) is 6.07 Å². The molecule has 9 nitrogen and oxygen atoms in total. The topological polar surface area (TPSA) is 111 Å². The van der Waals surface area contributed by atoms with Crippen LogP contribution in [0.25, 0.3) is 0 Å². The molecule has 0 atom stereocenters. The fourth-order valence-electron chi connectivity index (χ4n) is 2.96. The minimum Gasteiger partial charge on any atom is -0.493 e. The van der Waals surface area contributed by atoms with Crippen LogP contribution in [0.2, 0.25) is 0 Å². The molecule has 0 spiro atoms. The summed E-state index contributed by atoms with van der Waals surface area (Å²) in [6.45, 7) is -0.515. The second-order valence-electron chi connectivity index (χ2n) is 6.37. The lowest BCUT2D eigenvalue weighted by Gasteiger charge is -2.14. The van der Waals surface area contributed by atoms with E-state index < -0.39 is 18.5 Å². The molecule has 3 rings (SSSR count). The van der Waals surface area contributed by atoms with E-state index >= 15 is 0 Å². The predicted molar refractivity (Wildman–Crippen MR) is 107 cm³/mol. The summed E-state index contributed by atoms with van der Waals surface area (Å²) >= 11 is 0. The quantitative estimate of drug-likeness (QED) is 0.548. The Morgan fingerprint density at radius 1 is 0.967 bits per heavy atom. The summed E-state index contributed by atoms with van der Waals surface area (Å²) < 4.78 is 15.3. The fraction of sp³-hybridized carbons (Fsp3) is 0.238. The number of carbonyl (C=O) groups is 4. The van der Waals surface area contributed by atoms with Gasteiger partial charge in [0.1, 0.15) is 0 Å². The van der Waals surface area contributed by atoms with Crippen molar-refractivity contribution in [1.29, 1.82) is 0 Å². The molecule has 0 bridgehead atoms. The van der Waals surface area contributed by atoms with Crippen molar-refractivity contribution in [2.24, 2.45) is 0 Å². The summed E-state index contributed by atoms with van der Waals surface area (Å²) in [5.74, 6) is -0.985. The molecule has 2 aromatic carbocycles. The van der Waals surface area contributed by atoms with Crippen molar-refractivity contribution in [3.8, 4) is 11.5 Å². The standard InChI is InChI=1S/C21H20N2O7/c1-28-16-7-6-14(11-17(16)29-2)22-18(24)12-30-21(27)13-4-3-5-15(10-13)23-19(25)8-9-20(23)26/h3-7,10-11H,8-9,12H2,1-2H3,(H,22,24). The van der Waals surface area contributed by atoms with Gasteiger partial charge in [0, 0.05) is 24.6 Å². The van der Waals surface area contributed by atoms with Gasteiger partial charge >= 0.3 is 5.97 Å². The molecule has 1 fully saturated rings. The molecule has 2 aromatic rings. The summed E-state index contributed by atoms with van der Waals surface area (Å²) in [6.07, 6.45) is 0.285. The third-order valence-electron chi connectivity index (χ3n) is 4.39. The maximum Gasteiger partial charge on any atom is 0.338 e. The monoisotopic (exact) mass is 412 g/mol. The molecule has 0 aliphatic carbocycles. The maximum absolute atomic E-state index is 12.3. The number of carbonyl (C=O) groups excluding carboxylic acids is 4. The lowest BCUT2D eigenvalue weighted by molar-refractivity contribution is -0.121. The highest BCUT2D eigenvalue weighted by atomic mass is 16.5. The molecule has 0 saturated carbocycles. The van der Waals surface area contributed by atoms with Crippen molar-refractivity contribution in [3.63, 3.8) is 0 Å². The average Bonchev–Trinajstić information content (AvgIpc) is 3.09. The molecular formula is C21H20N2O7. The van der Waals surface area contributed by atoms with Gasteiger partial charge in [0.25, 0.3) is 5.91 Å². The number of amides is 3. The average molecular weight is 412 g/mol. The first-order chi connectivity index (χ1) is 14.4. The van der Waals surface area contributed by atoms with Gasteiger partial charge in [-0.05, 0) is 30.3 Å². The number of nitrogens with zero attached hydrogens (tertiary/aromatic N) is 1. The van der Waals surface area contributed by atoms with E-state index in [-0.39, 0.29) is 30.2 Å². The zero-order valence-electron chi connectivity index (χ0n) is 16.5. The largest absolute Gasteiger partial charge is 0.493 e. The molecule has 0 aromatic heterocycles. The highest BCUT2D eigenvalue weighted by Gasteiger charge is 2.30. The van der Waals surface area contributed by atoms with Crippen molar-refractivity contribution in [2.45, 2.75) is 12.8 Å². The van der Waals surface area contributed by atoms with E-state index in [0.29, 0.717) is 22.9 Å². The van der Waals surface area contributed by atoms with Crippen molar-refractivity contribution in [2.75, 3.05) is 31.0 Å². The van der Waals surface area contributed by atoms with E-state index in [0.717, 1.165) is 4.90 Å². The molecule has 1 saturated heterocycles. The summed E-state index contributed by atoms with van der Waals surface area (Å²) in [7, 11) is 2.97. The van der Waals surface area contributed by atoms with E-state index in [4.69, 9.17) is 14.2 Å². The van der Waals surface area contributed by atoms with Gasteiger partial charge in [-0.25, -0.2) is 4.79 Å². The van der Waals surface area contributed by atoms with Gasteiger partial charge in [-0.15, -0.1) is 0 Å². The Kier molecular flexibility index (Phi) is 6.31. The third-order valence-corrected chi connectivity index (χ3v) is 4.39. The normalized spacial score (nSPS) is 13.2. The second kappa shape index (κ2) is 9.08. The van der Waals surface area contributed by atoms with E-state index in [1.165, 1.54) is 32.4 Å². The van der Waals surface area contributed by atoms with Crippen LogP contribution < -0.4 is 19.7 Å². The molecule has 0 radical (unpaired) electrons. The molecule has 0 unspecified atom stereocenters. The lowest BCUT2D eigenvalue weighted by Crippen LogP contribution is -2.28. The molecule has 1 N–H and O–H groups in total. The first kappa shape index (κ1) is 20.8. The third kappa shape index (κ3) is 4.57. The number of anilines is 2. The number of rotatable bonds is 7. The smallest absolute Gasteiger partial charge is 0.338 e. The van der Waals surface area contributed by atoms with Crippen LogP contribution in [-0.4, -0.2) is 44.5 Å². The summed E-state index contributed by atoms with van der Waals surface area (Å²) in [4.78, 5) is 49.2. The zero-order chi connectivity index (χ0) is 21.7. The Balaban J connectivity index is 1.60. The number of nitrogens with one attached hydrogen (secondary N) is 1. The van der Waals surface area contributed by atoms with E-state index in [2.05, 4.69) is 5.32 Å². The number of methoxy groups -OCH3 is 2. The number of imide groups is 1. The minimum absolute atomic E-state index is 0.124. The Morgan fingerprint density at radius 3 is 2.33 bits per heavy atom. The van der Waals surface area contributed by atoms with Gasteiger partial charge in [-0.2, -0.15) is 0 Å². The first-order valence-corrected chi connectivity index (χ1v) is 9.07. The van der Waals surface area contributed by atoms with Gasteiger partial charge in [-0.3, -0.25) is 19.3 Å². The van der Waals surface area contributed by atoms with Gasteiger partial charge in [0.2, 0.25) is 11.8 Å². The Labute approximate surface area is 172 Å². The van der Waals surface area contributed by atoms with Gasteiger partial charge in [0.15, 0.2) is 18.1 Å². The zero-order valence-corrected chi connectivity index (χ0v) is 16.5. The first-order valence-electron chi connectivity index (χ1n) is 9.07. The number of esters is 1. The minimum atomic E-state index is -0.751. The predicted octanol–water partition coefficient (Wildman–Crippen LogP) is 2.15. The molecule has 1 aliphatic heterocycles. The SMILES string of the molecule is COc1ccc(NC(=O)COC(=O)c2cccc(N3C(=O)CCC3=O)c2)cc1OC. The van der Waals surface area contributed by atoms with E-state index in [9.17, 15) is 19.2 Å². The van der Waals surface area contributed by atoms with Crippen LogP contribution in [0.15, 0.2) is 42.5 Å². The van der Waals surface area contributed by atoms with Gasteiger partial charge in [0.05, 0.1) is 25.5 Å². The van der Waals surface area contributed by atoms with Crippen LogP contribution in [0, 0.1) is 0 Å². The van der Waals surface area contributed by atoms with Crippen LogP contribution in [0.3, 0.4) is 0 Å². The van der Waals surface area contributed by atoms with Crippen LogP contribution in [0.4, 0.5) is 11.4 Å². The number of hydrogen-bond acceptors (Lipinski definition) is 7. The van der Waals surface area contributed by atoms with Crippen molar-refractivity contribution in [1.82, 2.24) is 0 Å². The second-order valence-corrected chi connectivity index (χ2v) is 6.37. The molecule has 30 heavy (non-hydrogen) atoms. The van der Waals surface area contributed by atoms with Crippen molar-refractivity contribution >= 4 is 35.1 Å². The van der Waals surface area contributed by atoms with E-state index in [1.807, 2.05) is 0 Å².